The Morgan fingerprint density at radius 3 is 2.65 bits per heavy atom. The Morgan fingerprint density at radius 2 is 2.06 bits per heavy atom. The molecule has 0 heterocycles. The average molecular weight is 242 g/mol. The molecule has 1 rings (SSSR count). The molecule has 3 N–H and O–H groups in total. The van der Waals surface area contributed by atoms with Crippen molar-refractivity contribution in [3.63, 3.8) is 0 Å². The summed E-state index contributed by atoms with van der Waals surface area (Å²) >= 11 is 0. The van der Waals surface area contributed by atoms with E-state index in [9.17, 15) is 13.6 Å². The summed E-state index contributed by atoms with van der Waals surface area (Å²) in [6.07, 6.45) is 0. The second-order valence-electron chi connectivity index (χ2n) is 4.06. The lowest BCUT2D eigenvalue weighted by Gasteiger charge is -2.15. The zero-order chi connectivity index (χ0) is 13.1. The van der Waals surface area contributed by atoms with Crippen LogP contribution in [0.1, 0.15) is 21.5 Å². The van der Waals surface area contributed by atoms with E-state index in [4.69, 9.17) is 5.73 Å². The molecule has 0 radical (unpaired) electrons. The molecular weight excluding hydrogens is 226 g/mol. The van der Waals surface area contributed by atoms with Crippen LogP contribution in [0.5, 0.6) is 0 Å². The molecule has 0 aliphatic rings. The first-order chi connectivity index (χ1) is 7.85. The van der Waals surface area contributed by atoms with E-state index in [1.54, 1.807) is 19.1 Å². The minimum Gasteiger partial charge on any atom is -0.346 e. The Morgan fingerprint density at radius 1 is 1.41 bits per heavy atom. The molecule has 3 nitrogen and oxygen atoms in total. The average Bonchev–Trinajstić information content (AvgIpc) is 2.29. The lowest BCUT2D eigenvalue weighted by molar-refractivity contribution is 0.0118. The number of rotatable bonds is 4. The quantitative estimate of drug-likeness (QED) is 0.843. The first kappa shape index (κ1) is 13.6. The maximum absolute atomic E-state index is 12.9. The second-order valence-corrected chi connectivity index (χ2v) is 4.06. The number of hydrogen-bond acceptors (Lipinski definition) is 2. The van der Waals surface area contributed by atoms with Crippen molar-refractivity contribution in [2.45, 2.75) is 19.8 Å². The summed E-state index contributed by atoms with van der Waals surface area (Å²) < 4.78 is 25.7. The lowest BCUT2D eigenvalue weighted by atomic mass is 10.1. The minimum absolute atomic E-state index is 0.415. The predicted octanol–water partition coefficient (Wildman–Crippen LogP) is 1.63. The van der Waals surface area contributed by atoms with Crippen molar-refractivity contribution >= 4 is 5.91 Å². The van der Waals surface area contributed by atoms with Gasteiger partial charge in [-0.25, -0.2) is 8.78 Å². The van der Waals surface area contributed by atoms with E-state index >= 15 is 0 Å². The van der Waals surface area contributed by atoms with Crippen LogP contribution in [0.4, 0.5) is 8.78 Å². The molecule has 0 aromatic heterocycles. The highest BCUT2D eigenvalue weighted by atomic mass is 19.3. The van der Waals surface area contributed by atoms with Gasteiger partial charge in [-0.3, -0.25) is 4.79 Å². The molecular formula is C12H16F2N2O. The second kappa shape index (κ2) is 5.23. The van der Waals surface area contributed by atoms with Crippen molar-refractivity contribution in [2.24, 2.45) is 5.73 Å². The molecule has 0 fully saturated rings. The van der Waals surface area contributed by atoms with Gasteiger partial charge in [0.1, 0.15) is 0 Å². The van der Waals surface area contributed by atoms with E-state index < -0.39 is 24.9 Å². The van der Waals surface area contributed by atoms with Crippen LogP contribution < -0.4 is 11.1 Å². The molecule has 1 aromatic carbocycles. The van der Waals surface area contributed by atoms with Crippen LogP contribution in [0, 0.1) is 13.8 Å². The molecule has 0 aliphatic carbocycles. The highest BCUT2D eigenvalue weighted by molar-refractivity contribution is 5.95. The summed E-state index contributed by atoms with van der Waals surface area (Å²) in [5.74, 6) is -3.56. The minimum atomic E-state index is -3.06. The topological polar surface area (TPSA) is 55.1 Å². The first-order valence-electron chi connectivity index (χ1n) is 5.29. The van der Waals surface area contributed by atoms with E-state index in [0.29, 0.717) is 5.56 Å². The van der Waals surface area contributed by atoms with Gasteiger partial charge >= 0.3 is 0 Å². The van der Waals surface area contributed by atoms with Crippen molar-refractivity contribution < 1.29 is 13.6 Å². The fourth-order valence-corrected chi connectivity index (χ4v) is 1.36. The molecule has 1 amide bonds. The summed E-state index contributed by atoms with van der Waals surface area (Å²) in [5, 5.41) is 2.19. The van der Waals surface area contributed by atoms with E-state index in [1.165, 1.54) is 0 Å². The van der Waals surface area contributed by atoms with E-state index in [2.05, 4.69) is 5.32 Å². The zero-order valence-electron chi connectivity index (χ0n) is 9.89. The number of hydrogen-bond donors (Lipinski definition) is 2. The standard InChI is InChI=1S/C12H16F2N2O/c1-8-3-4-9(2)10(5-8)11(17)16-7-12(13,14)6-15/h3-5H,6-7,15H2,1-2H3,(H,16,17). The summed E-state index contributed by atoms with van der Waals surface area (Å²) in [5.41, 5.74) is 6.96. The third-order valence-corrected chi connectivity index (χ3v) is 2.44. The van der Waals surface area contributed by atoms with Crippen LogP contribution in [-0.4, -0.2) is 24.9 Å². The van der Waals surface area contributed by atoms with Crippen LogP contribution in [0.15, 0.2) is 18.2 Å². The van der Waals surface area contributed by atoms with Crippen LogP contribution in [0.3, 0.4) is 0 Å². The van der Waals surface area contributed by atoms with Crippen LogP contribution in [0.2, 0.25) is 0 Å². The van der Waals surface area contributed by atoms with Crippen LogP contribution in [-0.2, 0) is 0 Å². The summed E-state index contributed by atoms with van der Waals surface area (Å²) in [6.45, 7) is 2.08. The Hall–Kier alpha value is -1.49. The van der Waals surface area contributed by atoms with Gasteiger partial charge in [0.15, 0.2) is 0 Å². The van der Waals surface area contributed by atoms with Crippen molar-refractivity contribution in [1.29, 1.82) is 0 Å². The molecule has 94 valence electrons. The maximum Gasteiger partial charge on any atom is 0.277 e. The van der Waals surface area contributed by atoms with Gasteiger partial charge in [0, 0.05) is 5.56 Å². The SMILES string of the molecule is Cc1ccc(C)c(C(=O)NCC(F)(F)CN)c1. The molecule has 0 bridgehead atoms. The van der Waals surface area contributed by atoms with Crippen molar-refractivity contribution in [1.82, 2.24) is 5.32 Å². The van der Waals surface area contributed by atoms with Gasteiger partial charge in [0.05, 0.1) is 13.1 Å². The third-order valence-electron chi connectivity index (χ3n) is 2.44. The van der Waals surface area contributed by atoms with Gasteiger partial charge in [-0.1, -0.05) is 17.7 Å². The van der Waals surface area contributed by atoms with Crippen molar-refractivity contribution in [3.8, 4) is 0 Å². The smallest absolute Gasteiger partial charge is 0.277 e. The number of nitrogens with one attached hydrogen (secondary N) is 1. The molecule has 0 aliphatic heterocycles. The Labute approximate surface area is 99.0 Å². The third kappa shape index (κ3) is 3.78. The van der Waals surface area contributed by atoms with Gasteiger partial charge in [-0.05, 0) is 25.5 Å². The number of halogens is 2. The molecule has 0 atom stereocenters. The Balaban J connectivity index is 2.74. The fraction of sp³-hybridized carbons (Fsp3) is 0.417. The molecule has 0 unspecified atom stereocenters. The summed E-state index contributed by atoms with van der Waals surface area (Å²) in [4.78, 5) is 11.7. The number of nitrogens with two attached hydrogens (primary N) is 1. The largest absolute Gasteiger partial charge is 0.346 e. The normalized spacial score (nSPS) is 11.4. The Bertz CT molecular complexity index is 419. The molecule has 0 saturated heterocycles. The highest BCUT2D eigenvalue weighted by Crippen LogP contribution is 2.12. The van der Waals surface area contributed by atoms with Crippen LogP contribution >= 0.6 is 0 Å². The molecule has 0 saturated carbocycles. The fourth-order valence-electron chi connectivity index (χ4n) is 1.36. The number of carbonyl (C=O) groups is 1. The maximum atomic E-state index is 12.9. The van der Waals surface area contributed by atoms with Gasteiger partial charge in [0.2, 0.25) is 0 Å². The number of alkyl halides is 2. The summed E-state index contributed by atoms with van der Waals surface area (Å²) in [7, 11) is 0. The number of carbonyl (C=O) groups excluding carboxylic acids is 1. The Kier molecular flexibility index (Phi) is 4.17. The predicted molar refractivity (Wildman–Crippen MR) is 62.3 cm³/mol. The van der Waals surface area contributed by atoms with Crippen LogP contribution in [0.25, 0.3) is 0 Å². The number of benzene rings is 1. The van der Waals surface area contributed by atoms with Crippen molar-refractivity contribution in [2.75, 3.05) is 13.1 Å². The number of aryl methyl sites for hydroxylation is 2. The first-order valence-corrected chi connectivity index (χ1v) is 5.29. The molecule has 1 aromatic rings. The number of amides is 1. The van der Waals surface area contributed by atoms with Crippen molar-refractivity contribution in [3.05, 3.63) is 34.9 Å². The molecule has 17 heavy (non-hydrogen) atoms. The van der Waals surface area contributed by atoms with Gasteiger partial charge in [-0.15, -0.1) is 0 Å². The van der Waals surface area contributed by atoms with E-state index in [0.717, 1.165) is 11.1 Å². The zero-order valence-corrected chi connectivity index (χ0v) is 9.89. The van der Waals surface area contributed by atoms with E-state index in [-0.39, 0.29) is 0 Å². The highest BCUT2D eigenvalue weighted by Gasteiger charge is 2.27. The molecule has 0 spiro atoms. The monoisotopic (exact) mass is 242 g/mol. The summed E-state index contributed by atoms with van der Waals surface area (Å²) in [6, 6.07) is 5.32. The lowest BCUT2D eigenvalue weighted by Crippen LogP contribution is -2.41. The van der Waals surface area contributed by atoms with Gasteiger partial charge < -0.3 is 11.1 Å². The van der Waals surface area contributed by atoms with Gasteiger partial charge in [-0.2, -0.15) is 0 Å². The van der Waals surface area contributed by atoms with E-state index in [1.807, 2.05) is 13.0 Å². The van der Waals surface area contributed by atoms with Gasteiger partial charge in [0.25, 0.3) is 11.8 Å². The molecule has 5 heteroatoms.